The van der Waals surface area contributed by atoms with E-state index in [0.29, 0.717) is 5.76 Å². The van der Waals surface area contributed by atoms with E-state index in [0.717, 1.165) is 0 Å². The minimum atomic E-state index is -1.05. The van der Waals surface area contributed by atoms with Gasteiger partial charge in [-0.1, -0.05) is 20.8 Å². The van der Waals surface area contributed by atoms with E-state index in [2.05, 4.69) is 5.32 Å². The Hall–Kier alpha value is -1.98. The maximum absolute atomic E-state index is 11.9. The molecule has 106 valence electrons. The highest BCUT2D eigenvalue weighted by molar-refractivity contribution is 5.83. The summed E-state index contributed by atoms with van der Waals surface area (Å²) < 4.78 is 5.14. The van der Waals surface area contributed by atoms with Crippen LogP contribution >= 0.6 is 0 Å². The summed E-state index contributed by atoms with van der Waals surface area (Å²) in [5.41, 5.74) is -0.562. The van der Waals surface area contributed by atoms with Crippen molar-refractivity contribution in [3.63, 3.8) is 0 Å². The zero-order valence-electron chi connectivity index (χ0n) is 11.6. The van der Waals surface area contributed by atoms with Gasteiger partial charge in [0.2, 0.25) is 0 Å². The Kier molecular flexibility index (Phi) is 4.58. The predicted molar refractivity (Wildman–Crippen MR) is 69.6 cm³/mol. The minimum absolute atomic E-state index is 0.287. The molecule has 6 heteroatoms. The summed E-state index contributed by atoms with van der Waals surface area (Å²) in [6, 6.07) is 2.09. The third-order valence-corrected chi connectivity index (χ3v) is 2.70. The Morgan fingerprint density at radius 2 is 2.11 bits per heavy atom. The van der Waals surface area contributed by atoms with Gasteiger partial charge in [0.1, 0.15) is 11.8 Å². The first-order chi connectivity index (χ1) is 8.71. The van der Waals surface area contributed by atoms with Crippen molar-refractivity contribution in [1.82, 2.24) is 10.2 Å². The fourth-order valence-electron chi connectivity index (χ4n) is 1.59. The Balaban J connectivity index is 2.64. The van der Waals surface area contributed by atoms with Crippen molar-refractivity contribution >= 4 is 12.0 Å². The molecular weight excluding hydrogens is 248 g/mol. The van der Waals surface area contributed by atoms with E-state index < -0.39 is 23.5 Å². The molecule has 0 radical (unpaired) electrons. The summed E-state index contributed by atoms with van der Waals surface area (Å²) in [7, 11) is 1.58. The number of nitrogens with one attached hydrogen (secondary N) is 1. The topological polar surface area (TPSA) is 82.8 Å². The van der Waals surface area contributed by atoms with Crippen molar-refractivity contribution < 1.29 is 19.1 Å². The number of furan rings is 1. The lowest BCUT2D eigenvalue weighted by atomic mass is 9.87. The monoisotopic (exact) mass is 268 g/mol. The van der Waals surface area contributed by atoms with Gasteiger partial charge in [-0.05, 0) is 17.5 Å². The Morgan fingerprint density at radius 3 is 2.53 bits per heavy atom. The molecule has 0 aliphatic heterocycles. The number of carbonyl (C=O) groups is 2. The molecule has 2 amide bonds. The van der Waals surface area contributed by atoms with Crippen LogP contribution in [0.4, 0.5) is 4.79 Å². The molecule has 0 fully saturated rings. The highest BCUT2D eigenvalue weighted by atomic mass is 16.4. The SMILES string of the molecule is CN(Cc1ccco1)C(=O)N[C@@H](C(=O)O)C(C)(C)C. The van der Waals surface area contributed by atoms with Crippen molar-refractivity contribution in [3.8, 4) is 0 Å². The first kappa shape index (κ1) is 15.1. The second kappa shape index (κ2) is 5.77. The molecule has 1 rings (SSSR count). The summed E-state index contributed by atoms with van der Waals surface area (Å²) in [6.45, 7) is 5.57. The van der Waals surface area contributed by atoms with Gasteiger partial charge in [0.05, 0.1) is 12.8 Å². The molecule has 0 aliphatic carbocycles. The van der Waals surface area contributed by atoms with Crippen molar-refractivity contribution in [1.29, 1.82) is 0 Å². The summed E-state index contributed by atoms with van der Waals surface area (Å²) in [4.78, 5) is 24.5. The van der Waals surface area contributed by atoms with Gasteiger partial charge < -0.3 is 19.7 Å². The fraction of sp³-hybridized carbons (Fsp3) is 0.538. The lowest BCUT2D eigenvalue weighted by molar-refractivity contribution is -0.142. The lowest BCUT2D eigenvalue weighted by Crippen LogP contribution is -2.52. The van der Waals surface area contributed by atoms with Crippen molar-refractivity contribution in [2.75, 3.05) is 7.05 Å². The molecule has 1 aromatic heterocycles. The number of nitrogens with zero attached hydrogens (tertiary/aromatic N) is 1. The maximum Gasteiger partial charge on any atom is 0.326 e. The van der Waals surface area contributed by atoms with E-state index in [1.807, 2.05) is 0 Å². The Bertz CT molecular complexity index is 434. The number of rotatable bonds is 4. The van der Waals surface area contributed by atoms with Crippen LogP contribution in [0.25, 0.3) is 0 Å². The Labute approximate surface area is 112 Å². The summed E-state index contributed by atoms with van der Waals surface area (Å²) in [5, 5.41) is 11.7. The lowest BCUT2D eigenvalue weighted by Gasteiger charge is -2.29. The molecule has 0 spiro atoms. The quantitative estimate of drug-likeness (QED) is 0.874. The summed E-state index contributed by atoms with van der Waals surface area (Å²) >= 11 is 0. The molecule has 19 heavy (non-hydrogen) atoms. The average molecular weight is 268 g/mol. The van der Waals surface area contributed by atoms with Crippen molar-refractivity contribution in [2.24, 2.45) is 5.41 Å². The highest BCUT2D eigenvalue weighted by Crippen LogP contribution is 2.19. The van der Waals surface area contributed by atoms with E-state index in [9.17, 15) is 9.59 Å². The van der Waals surface area contributed by atoms with Gasteiger partial charge in [0, 0.05) is 7.05 Å². The van der Waals surface area contributed by atoms with Gasteiger partial charge in [-0.25, -0.2) is 9.59 Å². The number of aliphatic carboxylic acids is 1. The molecule has 0 aliphatic rings. The van der Waals surface area contributed by atoms with Crippen LogP contribution in [-0.4, -0.2) is 35.1 Å². The van der Waals surface area contributed by atoms with Gasteiger partial charge >= 0.3 is 12.0 Å². The van der Waals surface area contributed by atoms with Crippen LogP contribution in [0.3, 0.4) is 0 Å². The third-order valence-electron chi connectivity index (χ3n) is 2.70. The Morgan fingerprint density at radius 1 is 1.47 bits per heavy atom. The van der Waals surface area contributed by atoms with E-state index in [1.165, 1.54) is 11.2 Å². The van der Waals surface area contributed by atoms with Gasteiger partial charge in [0.25, 0.3) is 0 Å². The second-order valence-corrected chi connectivity index (χ2v) is 5.52. The van der Waals surface area contributed by atoms with Crippen LogP contribution in [-0.2, 0) is 11.3 Å². The second-order valence-electron chi connectivity index (χ2n) is 5.52. The number of carboxylic acid groups (broad SMARTS) is 1. The molecule has 1 atom stereocenters. The third kappa shape index (κ3) is 4.31. The molecule has 0 bridgehead atoms. The van der Waals surface area contributed by atoms with Crippen LogP contribution in [0, 0.1) is 5.41 Å². The molecule has 0 unspecified atom stereocenters. The zero-order valence-corrected chi connectivity index (χ0v) is 11.6. The molecule has 1 aromatic rings. The predicted octanol–water partition coefficient (Wildman–Crippen LogP) is 1.92. The summed E-state index contributed by atoms with van der Waals surface area (Å²) in [6.07, 6.45) is 1.52. The van der Waals surface area contributed by atoms with Gasteiger partial charge in [-0.3, -0.25) is 0 Å². The van der Waals surface area contributed by atoms with Crippen LogP contribution < -0.4 is 5.32 Å². The average Bonchev–Trinajstić information content (AvgIpc) is 2.75. The number of urea groups is 1. The number of hydrogen-bond donors (Lipinski definition) is 2. The van der Waals surface area contributed by atoms with E-state index in [-0.39, 0.29) is 6.54 Å². The van der Waals surface area contributed by atoms with E-state index in [1.54, 1.807) is 40.0 Å². The van der Waals surface area contributed by atoms with Crippen LogP contribution in [0.2, 0.25) is 0 Å². The largest absolute Gasteiger partial charge is 0.480 e. The van der Waals surface area contributed by atoms with Gasteiger partial charge in [0.15, 0.2) is 0 Å². The first-order valence-corrected chi connectivity index (χ1v) is 5.98. The molecule has 1 heterocycles. The van der Waals surface area contributed by atoms with Crippen LogP contribution in [0.15, 0.2) is 22.8 Å². The number of hydrogen-bond acceptors (Lipinski definition) is 3. The normalized spacial score (nSPS) is 12.8. The van der Waals surface area contributed by atoms with Crippen LogP contribution in [0.5, 0.6) is 0 Å². The minimum Gasteiger partial charge on any atom is -0.480 e. The number of carboxylic acids is 1. The molecule has 0 aromatic carbocycles. The molecule has 0 saturated carbocycles. The van der Waals surface area contributed by atoms with E-state index in [4.69, 9.17) is 9.52 Å². The molecular formula is C13H20N2O4. The first-order valence-electron chi connectivity index (χ1n) is 5.98. The van der Waals surface area contributed by atoms with E-state index >= 15 is 0 Å². The molecule has 0 saturated heterocycles. The molecule has 2 N–H and O–H groups in total. The maximum atomic E-state index is 11.9. The van der Waals surface area contributed by atoms with Crippen LogP contribution in [0.1, 0.15) is 26.5 Å². The standard InChI is InChI=1S/C13H20N2O4/c1-13(2,3)10(11(16)17)14-12(18)15(4)8-9-6-5-7-19-9/h5-7,10H,8H2,1-4H3,(H,14,18)(H,16,17)/t10-/m0/s1. The van der Waals surface area contributed by atoms with Gasteiger partial charge in [-0.2, -0.15) is 0 Å². The fourth-order valence-corrected chi connectivity index (χ4v) is 1.59. The summed E-state index contributed by atoms with van der Waals surface area (Å²) in [5.74, 6) is -0.410. The number of carbonyl (C=O) groups excluding carboxylic acids is 1. The van der Waals surface area contributed by atoms with Crippen molar-refractivity contribution in [3.05, 3.63) is 24.2 Å². The molecule has 6 nitrogen and oxygen atoms in total. The van der Waals surface area contributed by atoms with Gasteiger partial charge in [-0.15, -0.1) is 0 Å². The van der Waals surface area contributed by atoms with Crippen molar-refractivity contribution in [2.45, 2.75) is 33.4 Å². The highest BCUT2D eigenvalue weighted by Gasteiger charge is 2.33. The smallest absolute Gasteiger partial charge is 0.326 e. The number of amides is 2. The zero-order chi connectivity index (χ0) is 14.6.